The molecule has 0 amide bonds. The molecule has 1 atom stereocenters. The first kappa shape index (κ1) is 9.69. The molecule has 1 heterocycles. The van der Waals surface area contributed by atoms with E-state index in [4.69, 9.17) is 0 Å². The first-order valence-electron chi connectivity index (χ1n) is 5.65. The van der Waals surface area contributed by atoms with Gasteiger partial charge in [0.2, 0.25) is 0 Å². The number of carbonyl (C=O) groups excluding carboxylic acids is 1. The molecule has 78 valence electrons. The summed E-state index contributed by atoms with van der Waals surface area (Å²) in [4.78, 5) is 10.5. The third-order valence-electron chi connectivity index (χ3n) is 3.32. The van der Waals surface area contributed by atoms with Gasteiger partial charge < -0.3 is 4.79 Å². The lowest BCUT2D eigenvalue weighted by molar-refractivity contribution is -0.109. The van der Waals surface area contributed by atoms with Crippen LogP contribution in [0.3, 0.4) is 0 Å². The maximum Gasteiger partial charge on any atom is 0.144 e. The van der Waals surface area contributed by atoms with Crippen LogP contribution in [0.25, 0.3) is 0 Å². The van der Waals surface area contributed by atoms with Crippen molar-refractivity contribution in [1.29, 1.82) is 0 Å². The maximum atomic E-state index is 10.5. The van der Waals surface area contributed by atoms with Crippen LogP contribution >= 0.6 is 0 Å². The van der Waals surface area contributed by atoms with Crippen molar-refractivity contribution in [2.45, 2.75) is 51.0 Å². The van der Waals surface area contributed by atoms with E-state index in [1.165, 1.54) is 37.8 Å². The molecule has 1 saturated carbocycles. The SMILES string of the molecule is O=CC1CC(CCC2CCCC2)=NN1. The average Bonchev–Trinajstić information content (AvgIpc) is 2.86. The lowest BCUT2D eigenvalue weighted by Gasteiger charge is -2.07. The smallest absolute Gasteiger partial charge is 0.144 e. The van der Waals surface area contributed by atoms with Crippen LogP contribution in [-0.4, -0.2) is 18.0 Å². The third-order valence-corrected chi connectivity index (χ3v) is 3.32. The highest BCUT2D eigenvalue weighted by atomic mass is 16.1. The van der Waals surface area contributed by atoms with E-state index in [2.05, 4.69) is 10.5 Å². The fourth-order valence-corrected chi connectivity index (χ4v) is 2.43. The molecule has 0 aromatic carbocycles. The monoisotopic (exact) mass is 194 g/mol. The van der Waals surface area contributed by atoms with Crippen molar-refractivity contribution < 1.29 is 4.79 Å². The zero-order valence-corrected chi connectivity index (χ0v) is 8.54. The van der Waals surface area contributed by atoms with E-state index in [-0.39, 0.29) is 6.04 Å². The molecule has 2 rings (SSSR count). The highest BCUT2D eigenvalue weighted by Crippen LogP contribution is 2.29. The summed E-state index contributed by atoms with van der Waals surface area (Å²) in [6.07, 6.45) is 9.75. The van der Waals surface area contributed by atoms with Gasteiger partial charge in [0.1, 0.15) is 12.3 Å². The van der Waals surface area contributed by atoms with Crippen LogP contribution in [0, 0.1) is 5.92 Å². The normalized spacial score (nSPS) is 27.4. The van der Waals surface area contributed by atoms with Crippen LogP contribution in [-0.2, 0) is 4.79 Å². The summed E-state index contributed by atoms with van der Waals surface area (Å²) in [5, 5.41) is 4.18. The van der Waals surface area contributed by atoms with Gasteiger partial charge in [-0.15, -0.1) is 0 Å². The molecule has 3 nitrogen and oxygen atoms in total. The Labute approximate surface area is 85.0 Å². The molecule has 1 unspecified atom stereocenters. The van der Waals surface area contributed by atoms with Crippen molar-refractivity contribution in [3.63, 3.8) is 0 Å². The van der Waals surface area contributed by atoms with E-state index >= 15 is 0 Å². The third kappa shape index (κ3) is 2.34. The minimum absolute atomic E-state index is 0.0476. The number of hydrogen-bond acceptors (Lipinski definition) is 3. The fraction of sp³-hybridized carbons (Fsp3) is 0.818. The van der Waals surface area contributed by atoms with Crippen molar-refractivity contribution in [2.24, 2.45) is 11.0 Å². The molecule has 0 aromatic heterocycles. The number of rotatable bonds is 4. The minimum Gasteiger partial charge on any atom is -0.301 e. The lowest BCUT2D eigenvalue weighted by atomic mass is 9.98. The summed E-state index contributed by atoms with van der Waals surface area (Å²) in [5.74, 6) is 0.924. The zero-order valence-electron chi connectivity index (χ0n) is 8.54. The van der Waals surface area contributed by atoms with Gasteiger partial charge in [0.15, 0.2) is 0 Å². The standard InChI is InChI=1S/C11H18N2O/c14-8-11-7-10(12-13-11)6-5-9-3-1-2-4-9/h8-9,11,13H,1-7H2. The van der Waals surface area contributed by atoms with Crippen molar-refractivity contribution in [3.05, 3.63) is 0 Å². The van der Waals surface area contributed by atoms with Crippen LogP contribution in [0.15, 0.2) is 5.10 Å². The number of hydrogen-bond donors (Lipinski definition) is 1. The quantitative estimate of drug-likeness (QED) is 0.694. The van der Waals surface area contributed by atoms with Crippen LogP contribution in [0.4, 0.5) is 0 Å². The number of nitrogens with one attached hydrogen (secondary N) is 1. The second-order valence-corrected chi connectivity index (χ2v) is 4.44. The highest BCUT2D eigenvalue weighted by Gasteiger charge is 2.20. The molecular formula is C11H18N2O. The Kier molecular flexibility index (Phi) is 3.17. The van der Waals surface area contributed by atoms with Gasteiger partial charge in [0, 0.05) is 12.1 Å². The summed E-state index contributed by atoms with van der Waals surface area (Å²) < 4.78 is 0. The Hall–Kier alpha value is -0.860. The molecular weight excluding hydrogens is 176 g/mol. The van der Waals surface area contributed by atoms with E-state index in [0.29, 0.717) is 0 Å². The van der Waals surface area contributed by atoms with Crippen molar-refractivity contribution in [2.75, 3.05) is 0 Å². The Morgan fingerprint density at radius 3 is 2.86 bits per heavy atom. The topological polar surface area (TPSA) is 41.5 Å². The van der Waals surface area contributed by atoms with Gasteiger partial charge in [0.05, 0.1) is 0 Å². The Morgan fingerprint density at radius 2 is 2.21 bits per heavy atom. The van der Waals surface area contributed by atoms with Gasteiger partial charge in [-0.05, 0) is 18.8 Å². The van der Waals surface area contributed by atoms with Crippen LogP contribution in [0.2, 0.25) is 0 Å². The van der Waals surface area contributed by atoms with E-state index < -0.39 is 0 Å². The highest BCUT2D eigenvalue weighted by molar-refractivity contribution is 5.89. The van der Waals surface area contributed by atoms with Crippen molar-refractivity contribution >= 4 is 12.0 Å². The number of aldehydes is 1. The van der Waals surface area contributed by atoms with Crippen LogP contribution < -0.4 is 5.43 Å². The molecule has 1 fully saturated rings. The molecule has 0 aromatic rings. The van der Waals surface area contributed by atoms with Gasteiger partial charge in [-0.25, -0.2) is 0 Å². The maximum absolute atomic E-state index is 10.5. The van der Waals surface area contributed by atoms with E-state index in [1.54, 1.807) is 0 Å². The summed E-state index contributed by atoms with van der Waals surface area (Å²) in [5.41, 5.74) is 4.04. The van der Waals surface area contributed by atoms with Gasteiger partial charge in [-0.3, -0.25) is 5.43 Å². The summed E-state index contributed by atoms with van der Waals surface area (Å²) in [7, 11) is 0. The van der Waals surface area contributed by atoms with Crippen molar-refractivity contribution in [3.8, 4) is 0 Å². The summed E-state index contributed by atoms with van der Waals surface area (Å²) in [6, 6.07) is -0.0476. The molecule has 3 heteroatoms. The number of carbonyl (C=O) groups is 1. The molecule has 0 saturated heterocycles. The molecule has 0 spiro atoms. The Morgan fingerprint density at radius 1 is 1.43 bits per heavy atom. The van der Waals surface area contributed by atoms with Crippen LogP contribution in [0.1, 0.15) is 44.9 Å². The van der Waals surface area contributed by atoms with Gasteiger partial charge in [-0.1, -0.05) is 25.7 Å². The minimum atomic E-state index is -0.0476. The second kappa shape index (κ2) is 4.58. The predicted octanol–water partition coefficient (Wildman–Crippen LogP) is 1.87. The molecule has 1 N–H and O–H groups in total. The number of hydrazone groups is 1. The van der Waals surface area contributed by atoms with E-state index in [0.717, 1.165) is 25.0 Å². The van der Waals surface area contributed by atoms with Crippen molar-refractivity contribution in [1.82, 2.24) is 5.43 Å². The molecule has 1 aliphatic heterocycles. The largest absolute Gasteiger partial charge is 0.301 e. The zero-order chi connectivity index (χ0) is 9.80. The Balaban J connectivity index is 1.68. The lowest BCUT2D eigenvalue weighted by Crippen LogP contribution is -2.20. The summed E-state index contributed by atoms with van der Waals surface area (Å²) >= 11 is 0. The van der Waals surface area contributed by atoms with E-state index in [9.17, 15) is 4.79 Å². The fourth-order valence-electron chi connectivity index (χ4n) is 2.43. The molecule has 0 radical (unpaired) electrons. The average molecular weight is 194 g/mol. The van der Waals surface area contributed by atoms with Gasteiger partial charge in [-0.2, -0.15) is 5.10 Å². The Bertz CT molecular complexity index is 231. The molecule has 0 bridgehead atoms. The first-order valence-corrected chi connectivity index (χ1v) is 5.65. The number of nitrogens with zero attached hydrogens (tertiary/aromatic N) is 1. The van der Waals surface area contributed by atoms with Gasteiger partial charge >= 0.3 is 0 Å². The molecule has 14 heavy (non-hydrogen) atoms. The van der Waals surface area contributed by atoms with Crippen LogP contribution in [0.5, 0.6) is 0 Å². The molecule has 2 aliphatic rings. The molecule has 1 aliphatic carbocycles. The second-order valence-electron chi connectivity index (χ2n) is 4.44. The first-order chi connectivity index (χ1) is 6.88. The summed E-state index contributed by atoms with van der Waals surface area (Å²) in [6.45, 7) is 0. The van der Waals surface area contributed by atoms with E-state index in [1.807, 2.05) is 0 Å². The predicted molar refractivity (Wildman–Crippen MR) is 56.2 cm³/mol. The van der Waals surface area contributed by atoms with Gasteiger partial charge in [0.25, 0.3) is 0 Å².